The maximum Gasteiger partial charge on any atom is 0.236 e. The summed E-state index contributed by atoms with van der Waals surface area (Å²) in [4.78, 5) is 22.0. The third kappa shape index (κ3) is 5.24. The molecule has 0 saturated heterocycles. The van der Waals surface area contributed by atoms with Gasteiger partial charge in [-0.15, -0.1) is 0 Å². The number of hydrogen-bond acceptors (Lipinski definition) is 6. The standard InChI is InChI=1S/C13H23N5OS/c1-5-15-11-6-12(17-13(16-11)20-4)18(7-9(2)3)8-10(14)19/h6,9H,5,7-8H2,1-4H3,(H2,14,19)(H,15,16,17). The number of anilines is 2. The highest BCUT2D eigenvalue weighted by atomic mass is 32.2. The maximum absolute atomic E-state index is 11.2. The second kappa shape index (κ2) is 7.94. The summed E-state index contributed by atoms with van der Waals surface area (Å²) in [6, 6.07) is 1.86. The molecule has 0 bridgehead atoms. The lowest BCUT2D eigenvalue weighted by Gasteiger charge is -2.24. The molecular weight excluding hydrogens is 274 g/mol. The highest BCUT2D eigenvalue weighted by molar-refractivity contribution is 7.98. The molecule has 0 aliphatic rings. The quantitative estimate of drug-likeness (QED) is 0.560. The molecule has 7 heteroatoms. The van der Waals surface area contributed by atoms with Gasteiger partial charge in [-0.25, -0.2) is 9.97 Å². The minimum atomic E-state index is -0.361. The minimum absolute atomic E-state index is 0.161. The normalized spacial score (nSPS) is 10.7. The first kappa shape index (κ1) is 16.6. The van der Waals surface area contributed by atoms with Gasteiger partial charge in [0.1, 0.15) is 11.6 Å². The molecule has 1 amide bonds. The third-order valence-electron chi connectivity index (χ3n) is 2.49. The molecule has 1 heterocycles. The van der Waals surface area contributed by atoms with Gasteiger partial charge in [0, 0.05) is 19.2 Å². The van der Waals surface area contributed by atoms with Gasteiger partial charge in [-0.05, 0) is 19.1 Å². The lowest BCUT2D eigenvalue weighted by Crippen LogP contribution is -2.37. The van der Waals surface area contributed by atoms with Gasteiger partial charge >= 0.3 is 0 Å². The van der Waals surface area contributed by atoms with Crippen molar-refractivity contribution >= 4 is 29.3 Å². The summed E-state index contributed by atoms with van der Waals surface area (Å²) >= 11 is 1.47. The van der Waals surface area contributed by atoms with Crippen molar-refractivity contribution in [3.8, 4) is 0 Å². The predicted molar refractivity (Wildman–Crippen MR) is 84.2 cm³/mol. The van der Waals surface area contributed by atoms with Gasteiger partial charge in [-0.2, -0.15) is 0 Å². The molecule has 0 radical (unpaired) electrons. The van der Waals surface area contributed by atoms with Crippen LogP contribution in [0.25, 0.3) is 0 Å². The van der Waals surface area contributed by atoms with Crippen LogP contribution in [0.1, 0.15) is 20.8 Å². The first-order valence-electron chi connectivity index (χ1n) is 6.66. The van der Waals surface area contributed by atoms with Gasteiger partial charge in [0.05, 0.1) is 6.54 Å². The Hall–Kier alpha value is -1.50. The van der Waals surface area contributed by atoms with Crippen LogP contribution < -0.4 is 16.0 Å². The Morgan fingerprint density at radius 1 is 1.50 bits per heavy atom. The Kier molecular flexibility index (Phi) is 6.57. The number of rotatable bonds is 8. The molecule has 1 aromatic heterocycles. The number of carbonyl (C=O) groups is 1. The summed E-state index contributed by atoms with van der Waals surface area (Å²) in [6.45, 7) is 7.86. The Balaban J connectivity index is 3.09. The first-order valence-corrected chi connectivity index (χ1v) is 7.88. The van der Waals surface area contributed by atoms with Crippen LogP contribution in [-0.2, 0) is 4.79 Å². The van der Waals surface area contributed by atoms with E-state index in [0.717, 1.165) is 24.7 Å². The Morgan fingerprint density at radius 3 is 2.70 bits per heavy atom. The van der Waals surface area contributed by atoms with Crippen LogP contribution >= 0.6 is 11.8 Å². The van der Waals surface area contributed by atoms with Crippen LogP contribution in [0.2, 0.25) is 0 Å². The van der Waals surface area contributed by atoms with Crippen molar-refractivity contribution in [2.24, 2.45) is 11.7 Å². The van der Waals surface area contributed by atoms with Crippen LogP contribution in [-0.4, -0.2) is 41.8 Å². The maximum atomic E-state index is 11.2. The van der Waals surface area contributed by atoms with E-state index in [9.17, 15) is 4.79 Å². The minimum Gasteiger partial charge on any atom is -0.370 e. The van der Waals surface area contributed by atoms with Crippen molar-refractivity contribution in [1.82, 2.24) is 9.97 Å². The molecule has 0 aromatic carbocycles. The first-order chi connectivity index (χ1) is 9.46. The molecule has 1 aromatic rings. The predicted octanol–water partition coefficient (Wildman–Crippen LogP) is 1.58. The van der Waals surface area contributed by atoms with Gasteiger partial charge in [0.15, 0.2) is 5.16 Å². The van der Waals surface area contributed by atoms with Crippen molar-refractivity contribution in [3.63, 3.8) is 0 Å². The van der Waals surface area contributed by atoms with Crippen molar-refractivity contribution in [3.05, 3.63) is 6.07 Å². The number of thioether (sulfide) groups is 1. The van der Waals surface area contributed by atoms with E-state index in [1.165, 1.54) is 11.8 Å². The van der Waals surface area contributed by atoms with E-state index < -0.39 is 0 Å². The van der Waals surface area contributed by atoms with E-state index in [1.54, 1.807) is 0 Å². The molecular formula is C13H23N5OS. The number of nitrogens with two attached hydrogens (primary N) is 1. The van der Waals surface area contributed by atoms with Gasteiger partial charge in [0.25, 0.3) is 0 Å². The van der Waals surface area contributed by atoms with Crippen molar-refractivity contribution in [2.75, 3.05) is 36.1 Å². The summed E-state index contributed by atoms with van der Waals surface area (Å²) < 4.78 is 0. The van der Waals surface area contributed by atoms with Crippen LogP contribution in [0.15, 0.2) is 11.2 Å². The van der Waals surface area contributed by atoms with E-state index in [-0.39, 0.29) is 12.5 Å². The highest BCUT2D eigenvalue weighted by Gasteiger charge is 2.15. The number of nitrogens with zero attached hydrogens (tertiary/aromatic N) is 3. The summed E-state index contributed by atoms with van der Waals surface area (Å²) in [5.41, 5.74) is 5.33. The number of nitrogens with one attached hydrogen (secondary N) is 1. The third-order valence-corrected chi connectivity index (χ3v) is 3.04. The number of carbonyl (C=O) groups excluding carboxylic acids is 1. The van der Waals surface area contributed by atoms with Gasteiger partial charge in [-0.1, -0.05) is 25.6 Å². The molecule has 112 valence electrons. The average molecular weight is 297 g/mol. The summed E-state index contributed by atoms with van der Waals surface area (Å²) in [6.07, 6.45) is 1.93. The molecule has 0 fully saturated rings. The van der Waals surface area contributed by atoms with Crippen molar-refractivity contribution in [1.29, 1.82) is 0 Å². The largest absolute Gasteiger partial charge is 0.370 e. The highest BCUT2D eigenvalue weighted by Crippen LogP contribution is 2.21. The monoisotopic (exact) mass is 297 g/mol. The molecule has 0 aliphatic heterocycles. The van der Waals surface area contributed by atoms with Crippen molar-refractivity contribution in [2.45, 2.75) is 25.9 Å². The van der Waals surface area contributed by atoms with Crippen molar-refractivity contribution < 1.29 is 4.79 Å². The number of amides is 1. The average Bonchev–Trinajstić information content (AvgIpc) is 2.37. The summed E-state index contributed by atoms with van der Waals surface area (Å²) in [5.74, 6) is 1.54. The van der Waals surface area contributed by atoms with Gasteiger partial charge in [0.2, 0.25) is 5.91 Å². The molecule has 0 unspecified atom stereocenters. The molecule has 3 N–H and O–H groups in total. The summed E-state index contributed by atoms with van der Waals surface area (Å²) in [5, 5.41) is 3.85. The van der Waals surface area contributed by atoms with Crippen LogP contribution in [0.5, 0.6) is 0 Å². The van der Waals surface area contributed by atoms with E-state index in [0.29, 0.717) is 11.1 Å². The fourth-order valence-corrected chi connectivity index (χ4v) is 2.18. The fraction of sp³-hybridized carbons (Fsp3) is 0.615. The SMILES string of the molecule is CCNc1cc(N(CC(N)=O)CC(C)C)nc(SC)n1. The molecule has 6 nitrogen and oxygen atoms in total. The van der Waals surface area contributed by atoms with E-state index in [1.807, 2.05) is 24.1 Å². The lowest BCUT2D eigenvalue weighted by molar-refractivity contribution is -0.116. The number of primary amides is 1. The molecule has 0 atom stereocenters. The molecule has 0 saturated carbocycles. The van der Waals surface area contributed by atoms with Crippen LogP contribution in [0, 0.1) is 5.92 Å². The molecule has 1 rings (SSSR count). The van der Waals surface area contributed by atoms with E-state index in [2.05, 4.69) is 29.1 Å². The summed E-state index contributed by atoms with van der Waals surface area (Å²) in [7, 11) is 0. The molecule has 0 spiro atoms. The van der Waals surface area contributed by atoms with Gasteiger partial charge in [-0.3, -0.25) is 4.79 Å². The van der Waals surface area contributed by atoms with E-state index >= 15 is 0 Å². The second-order valence-electron chi connectivity index (χ2n) is 4.87. The smallest absolute Gasteiger partial charge is 0.236 e. The van der Waals surface area contributed by atoms with E-state index in [4.69, 9.17) is 5.73 Å². The van der Waals surface area contributed by atoms with Gasteiger partial charge < -0.3 is 16.0 Å². The zero-order valence-electron chi connectivity index (χ0n) is 12.5. The topological polar surface area (TPSA) is 84.1 Å². The van der Waals surface area contributed by atoms with Crippen LogP contribution in [0.3, 0.4) is 0 Å². The molecule has 0 aliphatic carbocycles. The fourth-order valence-electron chi connectivity index (χ4n) is 1.81. The lowest BCUT2D eigenvalue weighted by atomic mass is 10.2. The Morgan fingerprint density at radius 2 is 2.20 bits per heavy atom. The number of aromatic nitrogens is 2. The zero-order valence-corrected chi connectivity index (χ0v) is 13.3. The zero-order chi connectivity index (χ0) is 15.1. The number of hydrogen-bond donors (Lipinski definition) is 2. The Bertz CT molecular complexity index is 452. The van der Waals surface area contributed by atoms with Crippen LogP contribution in [0.4, 0.5) is 11.6 Å². The molecule has 20 heavy (non-hydrogen) atoms. The Labute approximate surface area is 124 Å². The second-order valence-corrected chi connectivity index (χ2v) is 5.64.